The minimum Gasteiger partial charge on any atom is -0.323 e. The Morgan fingerprint density at radius 2 is 1.94 bits per heavy atom. The number of hydrogen-bond acceptors (Lipinski definition) is 3. The van der Waals surface area contributed by atoms with Gasteiger partial charge in [0.15, 0.2) is 0 Å². The van der Waals surface area contributed by atoms with Gasteiger partial charge in [0.2, 0.25) is 0 Å². The average Bonchev–Trinajstić information content (AvgIpc) is 2.33. The lowest BCUT2D eigenvalue weighted by atomic mass is 10.2. The Labute approximate surface area is 106 Å². The quantitative estimate of drug-likeness (QED) is 0.897. The van der Waals surface area contributed by atoms with E-state index in [0.717, 1.165) is 10.6 Å². The highest BCUT2D eigenvalue weighted by molar-refractivity contribution is 7.99. The molecule has 1 heterocycles. The number of hydrogen-bond donors (Lipinski definition) is 1. The van der Waals surface area contributed by atoms with Gasteiger partial charge in [0.05, 0.1) is 5.69 Å². The van der Waals surface area contributed by atoms with Crippen LogP contribution in [0.1, 0.15) is 24.2 Å². The molecule has 0 amide bonds. The van der Waals surface area contributed by atoms with Crippen molar-refractivity contribution in [1.29, 1.82) is 0 Å². The Morgan fingerprint density at radius 1 is 1.18 bits per heavy atom. The third-order valence-electron chi connectivity index (χ3n) is 2.55. The van der Waals surface area contributed by atoms with Crippen molar-refractivity contribution in [1.82, 2.24) is 4.98 Å². The van der Waals surface area contributed by atoms with Crippen LogP contribution in [0.15, 0.2) is 52.4 Å². The number of rotatable bonds is 3. The summed E-state index contributed by atoms with van der Waals surface area (Å²) in [7, 11) is 0. The molecule has 88 valence electrons. The Bertz CT molecular complexity index is 492. The standard InChI is InChI=1S/C14H16N2S/c1-10-5-3-4-6-14(10)17-12-7-8-13(11(2)15)16-9-12/h3-9,11H,15H2,1-2H3/t11-/m1/s1. The first-order chi connectivity index (χ1) is 8.16. The van der Waals surface area contributed by atoms with Gasteiger partial charge in [-0.05, 0) is 37.6 Å². The van der Waals surface area contributed by atoms with Gasteiger partial charge in [-0.25, -0.2) is 0 Å². The zero-order valence-corrected chi connectivity index (χ0v) is 10.9. The Kier molecular flexibility index (Phi) is 3.82. The molecule has 0 aliphatic carbocycles. The lowest BCUT2D eigenvalue weighted by molar-refractivity contribution is 0.777. The highest BCUT2D eigenvalue weighted by Gasteiger charge is 2.03. The molecule has 2 aromatic rings. The molecule has 0 radical (unpaired) electrons. The van der Waals surface area contributed by atoms with Crippen LogP contribution in [-0.2, 0) is 0 Å². The van der Waals surface area contributed by atoms with Crippen molar-refractivity contribution < 1.29 is 0 Å². The second-order valence-electron chi connectivity index (χ2n) is 4.08. The molecule has 0 unspecified atom stereocenters. The molecule has 1 aromatic carbocycles. The Balaban J connectivity index is 2.17. The first kappa shape index (κ1) is 12.1. The molecular weight excluding hydrogens is 228 g/mol. The van der Waals surface area contributed by atoms with E-state index < -0.39 is 0 Å². The second-order valence-corrected chi connectivity index (χ2v) is 5.19. The van der Waals surface area contributed by atoms with Gasteiger partial charge in [-0.15, -0.1) is 0 Å². The number of pyridine rings is 1. The van der Waals surface area contributed by atoms with E-state index in [-0.39, 0.29) is 6.04 Å². The maximum absolute atomic E-state index is 5.77. The van der Waals surface area contributed by atoms with Gasteiger partial charge in [-0.1, -0.05) is 30.0 Å². The summed E-state index contributed by atoms with van der Waals surface area (Å²) in [6.45, 7) is 4.06. The van der Waals surface area contributed by atoms with Crippen LogP contribution in [0.25, 0.3) is 0 Å². The fraction of sp³-hybridized carbons (Fsp3) is 0.214. The van der Waals surface area contributed by atoms with Crippen LogP contribution >= 0.6 is 11.8 Å². The molecule has 0 bridgehead atoms. The van der Waals surface area contributed by atoms with E-state index >= 15 is 0 Å². The zero-order valence-electron chi connectivity index (χ0n) is 10.1. The van der Waals surface area contributed by atoms with Crippen LogP contribution in [0.5, 0.6) is 0 Å². The van der Waals surface area contributed by atoms with E-state index in [1.165, 1.54) is 10.5 Å². The smallest absolute Gasteiger partial charge is 0.0569 e. The van der Waals surface area contributed by atoms with Crippen molar-refractivity contribution in [2.45, 2.75) is 29.7 Å². The first-order valence-electron chi connectivity index (χ1n) is 5.62. The van der Waals surface area contributed by atoms with Gasteiger partial charge in [0.1, 0.15) is 0 Å². The highest BCUT2D eigenvalue weighted by atomic mass is 32.2. The molecule has 0 aliphatic heterocycles. The van der Waals surface area contributed by atoms with Crippen molar-refractivity contribution in [3.05, 3.63) is 53.9 Å². The zero-order chi connectivity index (χ0) is 12.3. The van der Waals surface area contributed by atoms with Crippen LogP contribution in [0.3, 0.4) is 0 Å². The minimum absolute atomic E-state index is 0.00693. The van der Waals surface area contributed by atoms with E-state index in [4.69, 9.17) is 5.73 Å². The lowest BCUT2D eigenvalue weighted by Gasteiger charge is -2.07. The number of nitrogens with zero attached hydrogens (tertiary/aromatic N) is 1. The van der Waals surface area contributed by atoms with Gasteiger partial charge < -0.3 is 5.73 Å². The molecule has 2 nitrogen and oxygen atoms in total. The maximum Gasteiger partial charge on any atom is 0.0569 e. The molecule has 17 heavy (non-hydrogen) atoms. The molecular formula is C14H16N2S. The second kappa shape index (κ2) is 5.34. The summed E-state index contributed by atoms with van der Waals surface area (Å²) in [6, 6.07) is 12.4. The minimum atomic E-state index is -0.00693. The van der Waals surface area contributed by atoms with Gasteiger partial charge in [0.25, 0.3) is 0 Å². The van der Waals surface area contributed by atoms with Crippen LogP contribution in [0, 0.1) is 6.92 Å². The normalized spacial score (nSPS) is 12.4. The van der Waals surface area contributed by atoms with Crippen molar-refractivity contribution >= 4 is 11.8 Å². The summed E-state index contributed by atoms with van der Waals surface area (Å²) in [4.78, 5) is 6.77. The predicted molar refractivity (Wildman–Crippen MR) is 72.1 cm³/mol. The lowest BCUT2D eigenvalue weighted by Crippen LogP contribution is -2.06. The third kappa shape index (κ3) is 3.08. The molecule has 0 saturated heterocycles. The van der Waals surface area contributed by atoms with E-state index in [0.29, 0.717) is 0 Å². The van der Waals surface area contributed by atoms with Crippen LogP contribution in [-0.4, -0.2) is 4.98 Å². The summed E-state index contributed by atoms with van der Waals surface area (Å²) >= 11 is 1.73. The van der Waals surface area contributed by atoms with Gasteiger partial charge in [-0.3, -0.25) is 4.98 Å². The van der Waals surface area contributed by atoms with Crippen LogP contribution in [0.4, 0.5) is 0 Å². The molecule has 3 heteroatoms. The maximum atomic E-state index is 5.77. The summed E-state index contributed by atoms with van der Waals surface area (Å²) in [5, 5.41) is 0. The van der Waals surface area contributed by atoms with Crippen molar-refractivity contribution in [2.75, 3.05) is 0 Å². The SMILES string of the molecule is Cc1ccccc1Sc1ccc([C@@H](C)N)nc1. The largest absolute Gasteiger partial charge is 0.323 e. The van der Waals surface area contributed by atoms with Crippen LogP contribution in [0.2, 0.25) is 0 Å². The summed E-state index contributed by atoms with van der Waals surface area (Å²) < 4.78 is 0. The average molecular weight is 244 g/mol. The van der Waals surface area contributed by atoms with Crippen LogP contribution < -0.4 is 5.73 Å². The predicted octanol–water partition coefficient (Wildman–Crippen LogP) is 3.56. The van der Waals surface area contributed by atoms with Crippen molar-refractivity contribution in [3.8, 4) is 0 Å². The van der Waals surface area contributed by atoms with E-state index in [2.05, 4.69) is 42.2 Å². The van der Waals surface area contributed by atoms with E-state index in [9.17, 15) is 0 Å². The van der Waals surface area contributed by atoms with Crippen molar-refractivity contribution in [2.24, 2.45) is 5.73 Å². The van der Waals surface area contributed by atoms with Gasteiger partial charge in [0, 0.05) is 22.0 Å². The van der Waals surface area contributed by atoms with E-state index in [1.807, 2.05) is 19.2 Å². The van der Waals surface area contributed by atoms with Crippen molar-refractivity contribution in [3.63, 3.8) is 0 Å². The Morgan fingerprint density at radius 3 is 2.53 bits per heavy atom. The third-order valence-corrected chi connectivity index (χ3v) is 3.70. The fourth-order valence-corrected chi connectivity index (χ4v) is 2.39. The number of nitrogens with two attached hydrogens (primary N) is 1. The summed E-state index contributed by atoms with van der Waals surface area (Å²) in [5.74, 6) is 0. The molecule has 0 saturated carbocycles. The number of aryl methyl sites for hydroxylation is 1. The fourth-order valence-electron chi connectivity index (χ4n) is 1.52. The summed E-state index contributed by atoms with van der Waals surface area (Å²) in [5.41, 5.74) is 7.99. The number of aromatic nitrogens is 1. The number of benzene rings is 1. The summed E-state index contributed by atoms with van der Waals surface area (Å²) in [6.07, 6.45) is 1.88. The van der Waals surface area contributed by atoms with Gasteiger partial charge in [-0.2, -0.15) is 0 Å². The molecule has 0 fully saturated rings. The monoisotopic (exact) mass is 244 g/mol. The molecule has 2 N–H and O–H groups in total. The molecule has 0 spiro atoms. The van der Waals surface area contributed by atoms with E-state index in [1.54, 1.807) is 11.8 Å². The Hall–Kier alpha value is -1.32. The first-order valence-corrected chi connectivity index (χ1v) is 6.43. The molecule has 1 atom stereocenters. The molecule has 2 rings (SSSR count). The highest BCUT2D eigenvalue weighted by Crippen LogP contribution is 2.29. The molecule has 1 aromatic heterocycles. The van der Waals surface area contributed by atoms with Gasteiger partial charge >= 0.3 is 0 Å². The molecule has 0 aliphatic rings. The topological polar surface area (TPSA) is 38.9 Å².